The molecule has 0 atom stereocenters. The molecular formula is C19H18F3N5O. The highest BCUT2D eigenvalue weighted by Crippen LogP contribution is 2.29. The number of anilines is 1. The molecule has 146 valence electrons. The van der Waals surface area contributed by atoms with Crippen LogP contribution in [0.2, 0.25) is 0 Å². The van der Waals surface area contributed by atoms with E-state index in [1.54, 1.807) is 12.3 Å². The average molecular weight is 389 g/mol. The van der Waals surface area contributed by atoms with Gasteiger partial charge in [0.05, 0.1) is 12.2 Å². The Hall–Kier alpha value is -2.97. The molecule has 28 heavy (non-hydrogen) atoms. The first-order valence-corrected chi connectivity index (χ1v) is 9.11. The van der Waals surface area contributed by atoms with Gasteiger partial charge in [0.2, 0.25) is 0 Å². The molecule has 1 saturated carbocycles. The molecule has 0 saturated heterocycles. The number of carbonyl (C=O) groups excluding carboxylic acids is 1. The summed E-state index contributed by atoms with van der Waals surface area (Å²) in [7, 11) is 0. The number of amides is 1. The minimum atomic E-state index is -4.61. The molecule has 0 radical (unpaired) electrons. The van der Waals surface area contributed by atoms with E-state index in [9.17, 15) is 18.0 Å². The summed E-state index contributed by atoms with van der Waals surface area (Å²) in [6.45, 7) is 0. The van der Waals surface area contributed by atoms with Crippen molar-refractivity contribution in [2.24, 2.45) is 0 Å². The van der Waals surface area contributed by atoms with Crippen molar-refractivity contribution in [1.82, 2.24) is 19.7 Å². The van der Waals surface area contributed by atoms with Gasteiger partial charge in [0, 0.05) is 11.6 Å². The number of rotatable bonds is 3. The summed E-state index contributed by atoms with van der Waals surface area (Å²) in [5.74, 6) is -0.516. The van der Waals surface area contributed by atoms with Gasteiger partial charge in [-0.25, -0.2) is 9.97 Å². The maximum Gasteiger partial charge on any atom is 0.433 e. The zero-order chi connectivity index (χ0) is 19.7. The number of pyridine rings is 2. The Balaban J connectivity index is 1.54. The molecule has 6 nitrogen and oxygen atoms in total. The van der Waals surface area contributed by atoms with E-state index in [1.807, 2.05) is 10.9 Å². The summed E-state index contributed by atoms with van der Waals surface area (Å²) in [6.07, 6.45) is 4.65. The lowest BCUT2D eigenvalue weighted by molar-refractivity contribution is -0.141. The molecule has 1 amide bonds. The average Bonchev–Trinajstić information content (AvgIpc) is 3.11. The fraction of sp³-hybridized carbons (Fsp3) is 0.368. The van der Waals surface area contributed by atoms with Crippen LogP contribution < -0.4 is 5.32 Å². The van der Waals surface area contributed by atoms with Crippen molar-refractivity contribution in [3.63, 3.8) is 0 Å². The molecule has 0 aliphatic heterocycles. The van der Waals surface area contributed by atoms with Crippen molar-refractivity contribution in [3.8, 4) is 0 Å². The molecule has 3 heterocycles. The number of carbonyl (C=O) groups is 1. The molecule has 1 fully saturated rings. The summed E-state index contributed by atoms with van der Waals surface area (Å²) in [5.41, 5.74) is -0.729. The van der Waals surface area contributed by atoms with E-state index in [0.29, 0.717) is 11.6 Å². The predicted octanol–water partition coefficient (Wildman–Crippen LogP) is 4.60. The van der Waals surface area contributed by atoms with Crippen LogP contribution in [0.3, 0.4) is 0 Å². The Bertz CT molecular complexity index is 1010. The standard InChI is InChI=1S/C19H18F3N5O/c20-19(21,22)16-8-4-7-14(24-16)18(28)25-17-9-12-11-27(26-15(12)10-23-17)13-5-2-1-3-6-13/h4,7-11,13H,1-3,5-6H2,(H,25,28). The Kier molecular flexibility index (Phi) is 4.74. The van der Waals surface area contributed by atoms with Crippen LogP contribution in [0.5, 0.6) is 0 Å². The van der Waals surface area contributed by atoms with Crippen LogP contribution in [0.1, 0.15) is 54.3 Å². The lowest BCUT2D eigenvalue weighted by Crippen LogP contribution is -2.17. The van der Waals surface area contributed by atoms with Crippen LogP contribution in [0, 0.1) is 0 Å². The van der Waals surface area contributed by atoms with E-state index in [0.717, 1.165) is 30.4 Å². The SMILES string of the molecule is O=C(Nc1cc2cn(C3CCCCC3)nc2cn1)c1cccc(C(F)(F)F)n1. The number of halogens is 3. The van der Waals surface area contributed by atoms with Crippen molar-refractivity contribution >= 4 is 22.6 Å². The van der Waals surface area contributed by atoms with Gasteiger partial charge in [0.25, 0.3) is 5.91 Å². The Morgan fingerprint density at radius 1 is 1.18 bits per heavy atom. The number of nitrogens with zero attached hydrogens (tertiary/aromatic N) is 4. The maximum atomic E-state index is 12.8. The van der Waals surface area contributed by atoms with Crippen LogP contribution >= 0.6 is 0 Å². The quantitative estimate of drug-likeness (QED) is 0.710. The normalized spacial score (nSPS) is 15.7. The van der Waals surface area contributed by atoms with Gasteiger partial charge < -0.3 is 5.32 Å². The van der Waals surface area contributed by atoms with E-state index in [4.69, 9.17) is 0 Å². The molecule has 0 bridgehead atoms. The lowest BCUT2D eigenvalue weighted by Gasteiger charge is -2.21. The molecule has 0 unspecified atom stereocenters. The molecule has 1 N–H and O–H groups in total. The van der Waals surface area contributed by atoms with Crippen molar-refractivity contribution in [3.05, 3.63) is 48.0 Å². The number of nitrogens with one attached hydrogen (secondary N) is 1. The van der Waals surface area contributed by atoms with E-state index < -0.39 is 17.8 Å². The van der Waals surface area contributed by atoms with Gasteiger partial charge in [-0.05, 0) is 31.0 Å². The monoisotopic (exact) mass is 389 g/mol. The number of hydrogen-bond donors (Lipinski definition) is 1. The Morgan fingerprint density at radius 3 is 2.71 bits per heavy atom. The number of fused-ring (bicyclic) bond motifs is 1. The zero-order valence-corrected chi connectivity index (χ0v) is 14.9. The number of hydrogen-bond acceptors (Lipinski definition) is 4. The summed E-state index contributed by atoms with van der Waals surface area (Å²) >= 11 is 0. The summed E-state index contributed by atoms with van der Waals surface area (Å²) in [5, 5.41) is 7.87. The van der Waals surface area contributed by atoms with Gasteiger partial charge in [-0.15, -0.1) is 0 Å². The smallest absolute Gasteiger partial charge is 0.305 e. The largest absolute Gasteiger partial charge is 0.433 e. The highest BCUT2D eigenvalue weighted by Gasteiger charge is 2.33. The third-order valence-electron chi connectivity index (χ3n) is 4.87. The molecule has 0 aromatic carbocycles. The second-order valence-electron chi connectivity index (χ2n) is 6.89. The minimum absolute atomic E-state index is 0.236. The predicted molar refractivity (Wildman–Crippen MR) is 96.8 cm³/mol. The van der Waals surface area contributed by atoms with Crippen molar-refractivity contribution in [2.75, 3.05) is 5.32 Å². The summed E-state index contributed by atoms with van der Waals surface area (Å²) in [6, 6.07) is 5.22. The highest BCUT2D eigenvalue weighted by atomic mass is 19.4. The van der Waals surface area contributed by atoms with Crippen LogP contribution in [-0.4, -0.2) is 25.7 Å². The Morgan fingerprint density at radius 2 is 1.96 bits per heavy atom. The molecule has 9 heteroatoms. The third kappa shape index (κ3) is 3.83. The van der Waals surface area contributed by atoms with Gasteiger partial charge in [0.1, 0.15) is 22.7 Å². The molecule has 4 rings (SSSR count). The highest BCUT2D eigenvalue weighted by molar-refractivity contribution is 6.03. The number of alkyl halides is 3. The van der Waals surface area contributed by atoms with Gasteiger partial charge >= 0.3 is 6.18 Å². The van der Waals surface area contributed by atoms with Crippen molar-refractivity contribution < 1.29 is 18.0 Å². The lowest BCUT2D eigenvalue weighted by atomic mass is 9.96. The third-order valence-corrected chi connectivity index (χ3v) is 4.87. The summed E-state index contributed by atoms with van der Waals surface area (Å²) < 4.78 is 40.3. The first-order valence-electron chi connectivity index (χ1n) is 9.11. The Labute approximate surface area is 158 Å². The minimum Gasteiger partial charge on any atom is -0.305 e. The van der Waals surface area contributed by atoms with E-state index in [2.05, 4.69) is 20.4 Å². The van der Waals surface area contributed by atoms with Crippen LogP contribution in [0.25, 0.3) is 10.9 Å². The second kappa shape index (κ2) is 7.21. The molecular weight excluding hydrogens is 371 g/mol. The summed E-state index contributed by atoms with van der Waals surface area (Å²) in [4.78, 5) is 19.8. The van der Waals surface area contributed by atoms with Crippen molar-refractivity contribution in [2.45, 2.75) is 44.3 Å². The molecule has 3 aromatic rings. The van der Waals surface area contributed by atoms with Gasteiger partial charge in [-0.2, -0.15) is 18.3 Å². The van der Waals surface area contributed by atoms with Gasteiger partial charge in [-0.3, -0.25) is 9.48 Å². The first kappa shape index (κ1) is 18.4. The molecule has 0 spiro atoms. The maximum absolute atomic E-state index is 12.8. The molecule has 1 aliphatic rings. The van der Waals surface area contributed by atoms with Gasteiger partial charge in [-0.1, -0.05) is 25.3 Å². The van der Waals surface area contributed by atoms with Gasteiger partial charge in [0.15, 0.2) is 0 Å². The zero-order valence-electron chi connectivity index (χ0n) is 14.9. The molecule has 3 aromatic heterocycles. The van der Waals surface area contributed by atoms with Crippen LogP contribution in [0.15, 0.2) is 36.7 Å². The number of aromatic nitrogens is 4. The fourth-order valence-corrected chi connectivity index (χ4v) is 3.45. The fourth-order valence-electron chi connectivity index (χ4n) is 3.45. The van der Waals surface area contributed by atoms with Crippen LogP contribution in [0.4, 0.5) is 19.0 Å². The van der Waals surface area contributed by atoms with Crippen LogP contribution in [-0.2, 0) is 6.18 Å². The van der Waals surface area contributed by atoms with E-state index in [1.165, 1.54) is 25.3 Å². The van der Waals surface area contributed by atoms with Crippen molar-refractivity contribution in [1.29, 1.82) is 0 Å². The topological polar surface area (TPSA) is 72.7 Å². The van der Waals surface area contributed by atoms with E-state index in [-0.39, 0.29) is 11.5 Å². The second-order valence-corrected chi connectivity index (χ2v) is 6.89. The van der Waals surface area contributed by atoms with E-state index >= 15 is 0 Å². The molecule has 1 aliphatic carbocycles. The first-order chi connectivity index (χ1) is 13.4.